The zero-order valence-electron chi connectivity index (χ0n) is 13.4. The van der Waals surface area contributed by atoms with E-state index in [2.05, 4.69) is 4.98 Å². The van der Waals surface area contributed by atoms with Crippen molar-refractivity contribution < 1.29 is 14.8 Å². The van der Waals surface area contributed by atoms with Crippen molar-refractivity contribution in [1.82, 2.24) is 9.38 Å². The molecule has 9 heteroatoms. The third kappa shape index (κ3) is 2.37. The van der Waals surface area contributed by atoms with Crippen LogP contribution in [0.4, 0.5) is 5.69 Å². The maximum atomic E-state index is 12.7. The lowest BCUT2D eigenvalue weighted by atomic mass is 10.1. The SMILES string of the molecule is COc1cc(C=c2sc3nc4ccccc4n3c2=O)cc([N+](=O)[O-])c1O. The number of imidazole rings is 1. The van der Waals surface area contributed by atoms with E-state index >= 15 is 0 Å². The van der Waals surface area contributed by atoms with Gasteiger partial charge in [-0.25, -0.2) is 9.38 Å². The van der Waals surface area contributed by atoms with Crippen molar-refractivity contribution in [2.75, 3.05) is 7.11 Å². The van der Waals surface area contributed by atoms with Gasteiger partial charge in [0.15, 0.2) is 10.7 Å². The van der Waals surface area contributed by atoms with Gasteiger partial charge in [-0.1, -0.05) is 23.5 Å². The Labute approximate surface area is 149 Å². The van der Waals surface area contributed by atoms with Gasteiger partial charge in [0.1, 0.15) is 0 Å². The van der Waals surface area contributed by atoms with Crippen LogP contribution in [0.2, 0.25) is 0 Å². The number of methoxy groups -OCH3 is 1. The van der Waals surface area contributed by atoms with Crippen molar-refractivity contribution in [2.24, 2.45) is 0 Å². The number of rotatable bonds is 3. The van der Waals surface area contributed by atoms with Crippen LogP contribution in [0.25, 0.3) is 22.1 Å². The van der Waals surface area contributed by atoms with E-state index in [-0.39, 0.29) is 11.3 Å². The average Bonchev–Trinajstić information content (AvgIpc) is 3.12. The first-order valence-electron chi connectivity index (χ1n) is 7.46. The molecule has 2 heterocycles. The van der Waals surface area contributed by atoms with Gasteiger partial charge in [-0.3, -0.25) is 14.9 Å². The molecule has 4 aromatic rings. The number of para-hydroxylation sites is 2. The number of hydrogen-bond acceptors (Lipinski definition) is 7. The number of benzene rings is 2. The molecule has 2 aromatic heterocycles. The molecule has 0 unspecified atom stereocenters. The van der Waals surface area contributed by atoms with Crippen LogP contribution in [0.1, 0.15) is 5.56 Å². The molecule has 26 heavy (non-hydrogen) atoms. The lowest BCUT2D eigenvalue weighted by molar-refractivity contribution is -0.386. The number of phenolic OH excluding ortho intramolecular Hbond substituents is 1. The van der Waals surface area contributed by atoms with Crippen molar-refractivity contribution in [1.29, 1.82) is 0 Å². The van der Waals surface area contributed by atoms with Gasteiger partial charge in [0.2, 0.25) is 5.75 Å². The van der Waals surface area contributed by atoms with Gasteiger partial charge in [0, 0.05) is 6.07 Å². The number of thiazole rings is 1. The van der Waals surface area contributed by atoms with Crippen LogP contribution in [0.15, 0.2) is 41.2 Å². The second-order valence-corrected chi connectivity index (χ2v) is 6.49. The summed E-state index contributed by atoms with van der Waals surface area (Å²) >= 11 is 1.19. The van der Waals surface area contributed by atoms with Gasteiger partial charge in [0.05, 0.1) is 27.6 Å². The van der Waals surface area contributed by atoms with Crippen molar-refractivity contribution >= 4 is 39.1 Å². The van der Waals surface area contributed by atoms with E-state index in [4.69, 9.17) is 4.74 Å². The number of ether oxygens (including phenoxy) is 1. The Balaban J connectivity index is 1.97. The molecule has 0 aliphatic rings. The predicted octanol–water partition coefficient (Wildman–Crippen LogP) is 2.08. The lowest BCUT2D eigenvalue weighted by Crippen LogP contribution is -2.22. The summed E-state index contributed by atoms with van der Waals surface area (Å²) in [6.07, 6.45) is 1.52. The lowest BCUT2D eigenvalue weighted by Gasteiger charge is -2.04. The minimum Gasteiger partial charge on any atom is -0.500 e. The van der Waals surface area contributed by atoms with E-state index in [1.165, 1.54) is 41.1 Å². The Kier molecular flexibility index (Phi) is 3.58. The second-order valence-electron chi connectivity index (χ2n) is 5.48. The second kappa shape index (κ2) is 5.81. The van der Waals surface area contributed by atoms with Crippen LogP contribution >= 0.6 is 11.3 Å². The molecule has 0 saturated heterocycles. The van der Waals surface area contributed by atoms with E-state index < -0.39 is 16.4 Å². The molecule has 0 bridgehead atoms. The van der Waals surface area contributed by atoms with E-state index in [9.17, 15) is 20.0 Å². The van der Waals surface area contributed by atoms with Crippen molar-refractivity contribution in [2.45, 2.75) is 0 Å². The fourth-order valence-corrected chi connectivity index (χ4v) is 3.74. The Morgan fingerprint density at radius 2 is 2.12 bits per heavy atom. The fraction of sp³-hybridized carbons (Fsp3) is 0.0588. The summed E-state index contributed by atoms with van der Waals surface area (Å²) < 4.78 is 6.87. The molecule has 130 valence electrons. The highest BCUT2D eigenvalue weighted by Crippen LogP contribution is 2.37. The largest absolute Gasteiger partial charge is 0.500 e. The average molecular weight is 369 g/mol. The normalized spacial score (nSPS) is 12.1. The molecule has 0 fully saturated rings. The number of fused-ring (bicyclic) bond motifs is 3. The maximum Gasteiger partial charge on any atom is 0.315 e. The van der Waals surface area contributed by atoms with Crippen LogP contribution in [-0.2, 0) is 0 Å². The summed E-state index contributed by atoms with van der Waals surface area (Å²) in [6.45, 7) is 0. The molecular formula is C17H11N3O5S. The van der Waals surface area contributed by atoms with E-state index in [0.717, 1.165) is 5.52 Å². The third-order valence-electron chi connectivity index (χ3n) is 3.94. The molecule has 0 spiro atoms. The molecule has 2 aromatic carbocycles. The number of phenols is 1. The van der Waals surface area contributed by atoms with E-state index in [0.29, 0.717) is 20.6 Å². The van der Waals surface area contributed by atoms with Gasteiger partial charge in [-0.05, 0) is 29.8 Å². The number of hydrogen-bond donors (Lipinski definition) is 1. The zero-order chi connectivity index (χ0) is 18.4. The van der Waals surface area contributed by atoms with Crippen LogP contribution < -0.4 is 14.8 Å². The molecular weight excluding hydrogens is 358 g/mol. The standard InChI is InChI=1S/C17H11N3O5S/c1-25-13-7-9(6-12(15(13)21)20(23)24)8-14-16(22)19-11-5-3-2-4-10(11)18-17(19)26-14/h2-8,21H,1H3. The molecule has 0 aliphatic carbocycles. The van der Waals surface area contributed by atoms with Crippen LogP contribution in [-0.4, -0.2) is 26.5 Å². The molecule has 0 radical (unpaired) electrons. The van der Waals surface area contributed by atoms with Gasteiger partial charge >= 0.3 is 5.69 Å². The summed E-state index contributed by atoms with van der Waals surface area (Å²) in [5.74, 6) is -0.589. The zero-order valence-corrected chi connectivity index (χ0v) is 14.2. The van der Waals surface area contributed by atoms with Crippen molar-refractivity contribution in [3.8, 4) is 11.5 Å². The highest BCUT2D eigenvalue weighted by molar-refractivity contribution is 7.15. The Morgan fingerprint density at radius 3 is 2.85 bits per heavy atom. The summed E-state index contributed by atoms with van der Waals surface area (Å²) in [5.41, 5.74) is 1.06. The minimum atomic E-state index is -0.706. The third-order valence-corrected chi connectivity index (χ3v) is 4.91. The van der Waals surface area contributed by atoms with Crippen LogP contribution in [0.3, 0.4) is 0 Å². The molecule has 0 aliphatic heterocycles. The number of nitrogens with zero attached hydrogens (tertiary/aromatic N) is 3. The highest BCUT2D eigenvalue weighted by Gasteiger charge is 2.19. The first kappa shape index (κ1) is 16.0. The van der Waals surface area contributed by atoms with Gasteiger partial charge < -0.3 is 9.84 Å². The molecule has 0 amide bonds. The van der Waals surface area contributed by atoms with Crippen molar-refractivity contribution in [3.63, 3.8) is 0 Å². The summed E-state index contributed by atoms with van der Waals surface area (Å²) in [4.78, 5) is 28.1. The summed E-state index contributed by atoms with van der Waals surface area (Å²) in [7, 11) is 1.30. The molecule has 1 N–H and O–H groups in total. The van der Waals surface area contributed by atoms with Crippen LogP contribution in [0.5, 0.6) is 11.5 Å². The summed E-state index contributed by atoms with van der Waals surface area (Å²) in [6, 6.07) is 9.93. The van der Waals surface area contributed by atoms with Gasteiger partial charge in [-0.15, -0.1) is 0 Å². The van der Waals surface area contributed by atoms with E-state index in [1.807, 2.05) is 24.3 Å². The van der Waals surface area contributed by atoms with Gasteiger partial charge in [0.25, 0.3) is 5.56 Å². The monoisotopic (exact) mass is 369 g/mol. The number of aromatic nitrogens is 2. The molecule has 8 nitrogen and oxygen atoms in total. The van der Waals surface area contributed by atoms with Gasteiger partial charge in [-0.2, -0.15) is 0 Å². The number of aromatic hydroxyl groups is 1. The number of nitro groups is 1. The minimum absolute atomic E-state index is 0.0373. The quantitative estimate of drug-likeness (QED) is 0.438. The highest BCUT2D eigenvalue weighted by atomic mass is 32.1. The Bertz CT molecular complexity index is 1290. The molecule has 0 saturated carbocycles. The summed E-state index contributed by atoms with van der Waals surface area (Å²) in [5, 5.41) is 21.0. The fourth-order valence-electron chi connectivity index (χ4n) is 2.76. The van der Waals surface area contributed by atoms with E-state index in [1.54, 1.807) is 0 Å². The molecule has 4 rings (SSSR count). The first-order valence-corrected chi connectivity index (χ1v) is 8.28. The maximum absolute atomic E-state index is 12.7. The Morgan fingerprint density at radius 1 is 1.35 bits per heavy atom. The smallest absolute Gasteiger partial charge is 0.315 e. The number of nitro benzene ring substituents is 1. The predicted molar refractivity (Wildman–Crippen MR) is 96.9 cm³/mol. The Hall–Kier alpha value is -3.46. The van der Waals surface area contributed by atoms with Crippen molar-refractivity contribution in [3.05, 3.63) is 67.0 Å². The van der Waals surface area contributed by atoms with Crippen LogP contribution in [0, 0.1) is 10.1 Å². The molecule has 0 atom stereocenters. The topological polar surface area (TPSA) is 107 Å². The first-order chi connectivity index (χ1) is 12.5.